The number of unbranched alkanes of at least 4 members (excludes halogenated alkanes) is 4. The number of ketones is 4. The maximum atomic E-state index is 14.5. The Hall–Kier alpha value is -8.63. The molecule has 14 atom stereocenters. The number of rotatable bonds is 52. The lowest BCUT2D eigenvalue weighted by Gasteiger charge is -2.37. The lowest BCUT2D eigenvalue weighted by atomic mass is 9.89. The fraction of sp³-hybridized carbons (Fsp3) is 0.653. The van der Waals surface area contributed by atoms with Gasteiger partial charge in [0.25, 0.3) is 11.8 Å². The van der Waals surface area contributed by atoms with Crippen LogP contribution in [-0.2, 0) is 57.5 Å². The van der Waals surface area contributed by atoms with Crippen molar-refractivity contribution in [2.75, 3.05) is 66.8 Å². The van der Waals surface area contributed by atoms with Crippen LogP contribution in [0, 0.1) is 23.2 Å². The number of fused-ring (bicyclic) bond motifs is 1. The Kier molecular flexibility index (Phi) is 41.4. The third kappa shape index (κ3) is 32.5. The first-order chi connectivity index (χ1) is 52.9. The maximum Gasteiger partial charge on any atom is 0.319 e. The number of aliphatic carboxylic acids is 3. The topological polar surface area (TPSA) is 593 Å². The Morgan fingerprint density at radius 3 is 1.54 bits per heavy atom. The third-order valence-electron chi connectivity index (χ3n) is 19.7. The summed E-state index contributed by atoms with van der Waals surface area (Å²) < 4.78 is 0. The molecule has 4 rings (SSSR count). The summed E-state index contributed by atoms with van der Waals surface area (Å²) in [6.07, 6.45) is -16.3. The van der Waals surface area contributed by atoms with Crippen LogP contribution in [0.15, 0.2) is 48.5 Å². The summed E-state index contributed by atoms with van der Waals surface area (Å²) in [6, 6.07) is 8.42. The molecular formula is C75H113N9O27S. The zero-order valence-electron chi connectivity index (χ0n) is 63.4. The number of carbonyl (C=O) groups excluding carboxylic acids is 11. The summed E-state index contributed by atoms with van der Waals surface area (Å²) in [4.78, 5) is 191. The quantitative estimate of drug-likeness (QED) is 0.0283. The molecule has 2 aliphatic rings. The lowest BCUT2D eigenvalue weighted by Crippen LogP contribution is -2.55. The molecular weight excluding hydrogens is 1490 g/mol. The van der Waals surface area contributed by atoms with Gasteiger partial charge in [-0.25, -0.2) is 4.79 Å². The Morgan fingerprint density at radius 1 is 0.554 bits per heavy atom. The van der Waals surface area contributed by atoms with Gasteiger partial charge >= 0.3 is 23.9 Å². The van der Waals surface area contributed by atoms with Crippen LogP contribution in [0.25, 0.3) is 0 Å². The molecule has 626 valence electrons. The third-order valence-corrected chi connectivity index (χ3v) is 20.1. The van der Waals surface area contributed by atoms with Gasteiger partial charge < -0.3 is 113 Å². The standard InChI is InChI=1S/C75H113N9O27S/c1-75(2,3)60(94)38-84-53-21-12-11-20-52(53)83(47-17-8-7-9-18-47)37-51(72(84)108)82-74(111)79-46-16-14-15-42(31-46)69(105)76-30-13-6-4-5-10-19-48(87)32-43(22-28-63(97)98)70(106)80-49(24-26-61(95)77-35-56(90)65(101)67(103)58(92)39-85)54(88)33-44(23-29-64(99)100)71(107)81-50(55(89)34-45(41-112)73(109)110)25-27-62(96)78-36-57(91)66(102)68(104)59(93)40-86/h11-12,14-16,20-21,31,43-45,47,49-51,56-59,65-68,85-86,90-93,101-104,112H,4-10,13,17-19,22-30,32-41H2,1-3H3,(H,76,105)(H,77,95)(H,78,96)(H,80,106)(H,81,107)(H,97,98)(H,99,100)(H,109,110)(H2,79,82,111)/t43-,44-,45-,49+,50+,51+,56-,57-,58+,59+,65+,66+,67+,68+/m0/s1. The van der Waals surface area contributed by atoms with E-state index >= 15 is 0 Å². The molecule has 0 saturated heterocycles. The molecule has 0 radical (unpaired) electrons. The van der Waals surface area contributed by atoms with E-state index in [4.69, 9.17) is 10.2 Å². The van der Waals surface area contributed by atoms with Crippen LogP contribution in [0.3, 0.4) is 0 Å². The minimum absolute atomic E-state index is 0.0909. The molecule has 2 aromatic rings. The van der Waals surface area contributed by atoms with Crippen molar-refractivity contribution in [3.8, 4) is 0 Å². The van der Waals surface area contributed by atoms with Crippen LogP contribution in [0.5, 0.6) is 0 Å². The number of carboxylic acid groups (broad SMARTS) is 3. The number of carbonyl (C=O) groups is 14. The number of aliphatic hydroxyl groups excluding tert-OH is 10. The van der Waals surface area contributed by atoms with Gasteiger partial charge in [0.05, 0.1) is 61.3 Å². The highest BCUT2D eigenvalue weighted by atomic mass is 32.1. The molecule has 2 aromatic carbocycles. The van der Waals surface area contributed by atoms with Crippen molar-refractivity contribution in [1.29, 1.82) is 0 Å². The van der Waals surface area contributed by atoms with Gasteiger partial charge in [-0.05, 0) is 81.7 Å². The number of aliphatic hydroxyl groups is 10. The molecule has 1 saturated carbocycles. The molecule has 1 heterocycles. The van der Waals surface area contributed by atoms with Crippen molar-refractivity contribution >= 4 is 112 Å². The van der Waals surface area contributed by atoms with Gasteiger partial charge in [0.15, 0.2) is 17.3 Å². The first kappa shape index (κ1) is 95.7. The van der Waals surface area contributed by atoms with E-state index in [2.05, 4.69) is 54.7 Å². The second kappa shape index (κ2) is 48.4. The predicted octanol–water partition coefficient (Wildman–Crippen LogP) is -0.847. The van der Waals surface area contributed by atoms with Gasteiger partial charge in [-0.2, -0.15) is 12.6 Å². The molecule has 1 aliphatic heterocycles. The highest BCUT2D eigenvalue weighted by Crippen LogP contribution is 2.38. The number of nitrogens with zero attached hydrogens (tertiary/aromatic N) is 2. The Bertz CT molecular complexity index is 3490. The van der Waals surface area contributed by atoms with Crippen LogP contribution < -0.4 is 47.0 Å². The fourth-order valence-electron chi connectivity index (χ4n) is 12.7. The summed E-state index contributed by atoms with van der Waals surface area (Å²) in [5.74, 6) is -17.1. The SMILES string of the molecule is CC(C)(C)C(=O)CN1C(=O)[C@H](NC(=O)Nc2cccc(C(=O)NCCCCCCCC(=O)C[C@H](CCC(=O)O)C(=O)N[C@H](CCC(=O)NC[C@H](O)[C@@H](O)[C@H](O)[C@H](O)CO)C(=O)C[C@H](CCC(=O)O)C(=O)N[C@H](CCC(=O)NC[C@H](O)[C@@H](O)[C@H](O)[C@H](O)CO)C(=O)C[C@@H](CS)C(=O)O)c2)CN(C2CCCCC2)c2ccccc21. The first-order valence-corrected chi connectivity index (χ1v) is 38.3. The van der Waals surface area contributed by atoms with Crippen LogP contribution >= 0.6 is 12.6 Å². The Balaban J connectivity index is 1.43. The number of thiol groups is 1. The molecule has 0 bridgehead atoms. The van der Waals surface area contributed by atoms with Gasteiger partial charge in [-0.15, -0.1) is 0 Å². The van der Waals surface area contributed by atoms with Gasteiger partial charge in [-0.3, -0.25) is 62.3 Å². The summed E-state index contributed by atoms with van der Waals surface area (Å²) in [5.41, 5.74) is 1.12. The van der Waals surface area contributed by atoms with Gasteiger partial charge in [0.1, 0.15) is 48.4 Å². The number of nitrogens with one attached hydrogen (secondary N) is 7. The van der Waals surface area contributed by atoms with Crippen molar-refractivity contribution in [3.05, 3.63) is 54.1 Å². The second-order valence-electron chi connectivity index (χ2n) is 29.5. The van der Waals surface area contributed by atoms with Crippen LogP contribution in [0.2, 0.25) is 0 Å². The highest BCUT2D eigenvalue weighted by molar-refractivity contribution is 7.80. The van der Waals surface area contributed by atoms with Gasteiger partial charge in [-0.1, -0.05) is 77.5 Å². The summed E-state index contributed by atoms with van der Waals surface area (Å²) in [7, 11) is 0. The van der Waals surface area contributed by atoms with E-state index in [9.17, 15) is 123 Å². The molecule has 0 aromatic heterocycles. The molecule has 37 heteroatoms. The van der Waals surface area contributed by atoms with Crippen molar-refractivity contribution in [2.24, 2.45) is 23.2 Å². The van der Waals surface area contributed by atoms with Crippen LogP contribution in [0.4, 0.5) is 21.9 Å². The monoisotopic (exact) mass is 1600 g/mol. The van der Waals surface area contributed by atoms with Crippen LogP contribution in [0.1, 0.15) is 172 Å². The average Bonchev–Trinajstić information content (AvgIpc) is 1.62. The van der Waals surface area contributed by atoms with Crippen molar-refractivity contribution in [2.45, 2.75) is 235 Å². The Morgan fingerprint density at radius 2 is 1.04 bits per heavy atom. The lowest BCUT2D eigenvalue weighted by molar-refractivity contribution is -0.143. The first-order valence-electron chi connectivity index (χ1n) is 37.7. The van der Waals surface area contributed by atoms with E-state index in [0.717, 1.165) is 37.8 Å². The number of benzene rings is 2. The molecule has 36 nitrogen and oxygen atoms in total. The van der Waals surface area contributed by atoms with E-state index in [1.807, 2.05) is 24.3 Å². The minimum atomic E-state index is -2.11. The molecule has 0 unspecified atom stereocenters. The summed E-state index contributed by atoms with van der Waals surface area (Å²) in [5, 5.41) is 146. The van der Waals surface area contributed by atoms with E-state index < -0.39 is 264 Å². The normalized spacial score (nSPS) is 17.4. The number of anilines is 3. The zero-order chi connectivity index (χ0) is 83.5. The molecule has 8 amide bonds. The molecule has 1 aliphatic carbocycles. The average molecular weight is 1600 g/mol. The summed E-state index contributed by atoms with van der Waals surface area (Å²) >= 11 is 3.97. The number of hydrogen-bond acceptors (Lipinski definition) is 26. The van der Waals surface area contributed by atoms with Crippen LogP contribution in [-0.4, -0.2) is 274 Å². The molecule has 0 spiro atoms. The van der Waals surface area contributed by atoms with Gasteiger partial charge in [0.2, 0.25) is 23.6 Å². The van der Waals surface area contributed by atoms with E-state index in [0.29, 0.717) is 37.8 Å². The summed E-state index contributed by atoms with van der Waals surface area (Å²) in [6.45, 7) is 1.96. The van der Waals surface area contributed by atoms with E-state index in [1.165, 1.54) is 11.0 Å². The highest BCUT2D eigenvalue weighted by Gasteiger charge is 2.41. The number of para-hydroxylation sites is 2. The smallest absolute Gasteiger partial charge is 0.319 e. The molecule has 20 N–H and O–H groups in total. The van der Waals surface area contributed by atoms with Crippen molar-refractivity contribution in [3.63, 3.8) is 0 Å². The molecule has 112 heavy (non-hydrogen) atoms. The van der Waals surface area contributed by atoms with E-state index in [-0.39, 0.29) is 54.9 Å². The minimum Gasteiger partial charge on any atom is -0.481 e. The second-order valence-corrected chi connectivity index (χ2v) is 29.9. The predicted molar refractivity (Wildman–Crippen MR) is 405 cm³/mol. The van der Waals surface area contributed by atoms with Crippen molar-refractivity contribution < 1.29 is 134 Å². The number of carboxylic acids is 3. The number of amides is 8. The van der Waals surface area contributed by atoms with Gasteiger partial charge in [0, 0.05) is 118 Å². The fourth-order valence-corrected chi connectivity index (χ4v) is 13.0. The number of Topliss-reactive ketones (excluding diaryl/α,β-unsaturated/α-hetero) is 4. The largest absolute Gasteiger partial charge is 0.481 e. The van der Waals surface area contributed by atoms with Crippen molar-refractivity contribution in [1.82, 2.24) is 31.9 Å². The Labute approximate surface area is 654 Å². The number of hydrogen-bond donors (Lipinski definition) is 21. The van der Waals surface area contributed by atoms with E-state index in [1.54, 1.807) is 39.0 Å². The number of urea groups is 1. The maximum absolute atomic E-state index is 14.5. The zero-order valence-corrected chi connectivity index (χ0v) is 64.3. The molecule has 1 fully saturated rings.